The van der Waals surface area contributed by atoms with Gasteiger partial charge in [-0.3, -0.25) is 14.2 Å². The van der Waals surface area contributed by atoms with Crippen LogP contribution in [0.25, 0.3) is 0 Å². The first-order valence-corrected chi connectivity index (χ1v) is 8.04. The van der Waals surface area contributed by atoms with Crippen LogP contribution in [0.1, 0.15) is 27.3 Å². The summed E-state index contributed by atoms with van der Waals surface area (Å²) in [6.45, 7) is 0.00159. The number of nitrogens with one attached hydrogen (secondary N) is 1. The van der Waals surface area contributed by atoms with Crippen molar-refractivity contribution in [1.29, 1.82) is 0 Å². The number of aromatic nitrogens is 4. The normalized spacial score (nSPS) is 12.2. The molecule has 0 aliphatic heterocycles. The molecule has 29 heavy (non-hydrogen) atoms. The van der Waals surface area contributed by atoms with Crippen LogP contribution in [0.4, 0.5) is 32.0 Å². The van der Waals surface area contributed by atoms with E-state index in [1.54, 1.807) is 0 Å². The molecule has 0 saturated carbocycles. The Hall–Kier alpha value is -3.31. The molecule has 2 aromatic heterocycles. The van der Waals surface area contributed by atoms with Gasteiger partial charge in [-0.05, 0) is 17.7 Å². The minimum absolute atomic E-state index is 0.00159. The van der Waals surface area contributed by atoms with Crippen molar-refractivity contribution in [2.24, 2.45) is 7.05 Å². The van der Waals surface area contributed by atoms with Crippen LogP contribution in [0.3, 0.4) is 0 Å². The van der Waals surface area contributed by atoms with E-state index >= 15 is 0 Å². The number of carbonyl (C=O) groups is 1. The minimum Gasteiger partial charge on any atom is -0.318 e. The number of benzene rings is 1. The zero-order valence-corrected chi connectivity index (χ0v) is 14.7. The molecule has 0 spiro atoms. The molecule has 154 valence electrons. The average molecular weight is 417 g/mol. The molecular formula is C17H13F6N5O. The smallest absolute Gasteiger partial charge is 0.318 e. The number of aryl methyl sites for hydroxylation is 1. The van der Waals surface area contributed by atoms with E-state index in [1.807, 2.05) is 0 Å². The number of anilines is 1. The maximum Gasteiger partial charge on any atom is 0.433 e. The molecular weight excluding hydrogens is 404 g/mol. The molecule has 0 unspecified atom stereocenters. The van der Waals surface area contributed by atoms with Gasteiger partial charge in [-0.1, -0.05) is 12.1 Å². The van der Waals surface area contributed by atoms with Gasteiger partial charge < -0.3 is 5.32 Å². The highest BCUT2D eigenvalue weighted by Crippen LogP contribution is 2.30. The van der Waals surface area contributed by atoms with Crippen molar-refractivity contribution in [3.63, 3.8) is 0 Å². The van der Waals surface area contributed by atoms with Gasteiger partial charge in [0, 0.05) is 19.3 Å². The molecule has 2 heterocycles. The number of nitrogens with zero attached hydrogens (tertiary/aromatic N) is 4. The van der Waals surface area contributed by atoms with Crippen molar-refractivity contribution in [1.82, 2.24) is 19.6 Å². The van der Waals surface area contributed by atoms with Crippen LogP contribution in [-0.4, -0.2) is 25.5 Å². The van der Waals surface area contributed by atoms with Crippen LogP contribution in [0.2, 0.25) is 0 Å². The fraction of sp³-hybridized carbons (Fsp3) is 0.235. The highest BCUT2D eigenvalue weighted by Gasteiger charge is 2.35. The summed E-state index contributed by atoms with van der Waals surface area (Å²) in [5.41, 5.74) is -1.83. The van der Waals surface area contributed by atoms with E-state index in [9.17, 15) is 31.1 Å². The standard InChI is InChI=1S/C17H13F6N5O/c1-27-14(17(21,22)23)6-13(26-27)15(29)25-12-7-24-28(9-12)8-10-3-2-4-11(5-10)16(18,19)20/h2-7,9H,8H2,1H3,(H,25,29). The van der Waals surface area contributed by atoms with Crippen LogP contribution in [0.5, 0.6) is 0 Å². The number of alkyl halides is 6. The third-order valence-corrected chi connectivity index (χ3v) is 3.89. The average Bonchev–Trinajstić information content (AvgIpc) is 3.20. The Morgan fingerprint density at radius 3 is 2.45 bits per heavy atom. The van der Waals surface area contributed by atoms with Gasteiger partial charge in [0.1, 0.15) is 5.69 Å². The van der Waals surface area contributed by atoms with Gasteiger partial charge in [0.2, 0.25) is 0 Å². The predicted molar refractivity (Wildman–Crippen MR) is 88.9 cm³/mol. The second-order valence-corrected chi connectivity index (χ2v) is 6.12. The summed E-state index contributed by atoms with van der Waals surface area (Å²) in [6, 6.07) is 5.29. The second kappa shape index (κ2) is 7.26. The molecule has 1 amide bonds. The lowest BCUT2D eigenvalue weighted by Crippen LogP contribution is -2.12. The first-order chi connectivity index (χ1) is 13.4. The minimum atomic E-state index is -4.66. The monoisotopic (exact) mass is 417 g/mol. The van der Waals surface area contributed by atoms with Crippen LogP contribution in [0, 0.1) is 0 Å². The molecule has 6 nitrogen and oxygen atoms in total. The van der Waals surface area contributed by atoms with E-state index in [4.69, 9.17) is 0 Å². The highest BCUT2D eigenvalue weighted by atomic mass is 19.4. The molecule has 0 aliphatic rings. The topological polar surface area (TPSA) is 64.7 Å². The van der Waals surface area contributed by atoms with Gasteiger partial charge >= 0.3 is 12.4 Å². The van der Waals surface area contributed by atoms with Crippen molar-refractivity contribution < 1.29 is 31.1 Å². The van der Waals surface area contributed by atoms with E-state index in [2.05, 4.69) is 15.5 Å². The SMILES string of the molecule is Cn1nc(C(=O)Nc2cnn(Cc3cccc(C(F)(F)F)c3)c2)cc1C(F)(F)F. The molecule has 3 aromatic rings. The molecule has 0 atom stereocenters. The Bertz CT molecular complexity index is 1030. The third-order valence-electron chi connectivity index (χ3n) is 3.89. The van der Waals surface area contributed by atoms with E-state index in [1.165, 1.54) is 29.2 Å². The number of amides is 1. The number of hydrogen-bond acceptors (Lipinski definition) is 3. The zero-order valence-electron chi connectivity index (χ0n) is 14.7. The molecule has 0 radical (unpaired) electrons. The Morgan fingerprint density at radius 2 is 1.83 bits per heavy atom. The zero-order chi connectivity index (χ0) is 21.4. The lowest BCUT2D eigenvalue weighted by Gasteiger charge is -2.08. The molecule has 0 fully saturated rings. The Morgan fingerprint density at radius 1 is 1.10 bits per heavy atom. The van der Waals surface area contributed by atoms with Gasteiger partial charge in [-0.25, -0.2) is 0 Å². The molecule has 1 N–H and O–H groups in total. The van der Waals surface area contributed by atoms with Gasteiger partial charge in [-0.15, -0.1) is 0 Å². The summed E-state index contributed by atoms with van der Waals surface area (Å²) >= 11 is 0. The van der Waals surface area contributed by atoms with Gasteiger partial charge in [0.25, 0.3) is 5.91 Å². The van der Waals surface area contributed by atoms with Crippen molar-refractivity contribution in [2.45, 2.75) is 18.9 Å². The molecule has 0 bridgehead atoms. The van der Waals surface area contributed by atoms with Crippen LogP contribution in [0.15, 0.2) is 42.7 Å². The van der Waals surface area contributed by atoms with Crippen molar-refractivity contribution >= 4 is 11.6 Å². The van der Waals surface area contributed by atoms with Crippen LogP contribution < -0.4 is 5.32 Å². The maximum absolute atomic E-state index is 12.8. The fourth-order valence-electron chi connectivity index (χ4n) is 2.59. The maximum atomic E-state index is 12.8. The Kier molecular flexibility index (Phi) is 5.11. The number of hydrogen-bond donors (Lipinski definition) is 1. The predicted octanol–water partition coefficient (Wildman–Crippen LogP) is 3.95. The summed E-state index contributed by atoms with van der Waals surface area (Å²) < 4.78 is 78.5. The summed E-state index contributed by atoms with van der Waals surface area (Å²) in [5, 5.41) is 9.81. The van der Waals surface area contributed by atoms with Crippen LogP contribution >= 0.6 is 0 Å². The number of rotatable bonds is 4. The summed E-state index contributed by atoms with van der Waals surface area (Å²) in [5.74, 6) is -0.880. The first kappa shape index (κ1) is 20.4. The molecule has 12 heteroatoms. The molecule has 1 aromatic carbocycles. The summed E-state index contributed by atoms with van der Waals surface area (Å²) in [6.07, 6.45) is -6.57. The summed E-state index contributed by atoms with van der Waals surface area (Å²) in [7, 11) is 1.06. The quantitative estimate of drug-likeness (QED) is 0.654. The van der Waals surface area contributed by atoms with Crippen molar-refractivity contribution in [3.05, 3.63) is 65.2 Å². The van der Waals surface area contributed by atoms with E-state index in [0.717, 1.165) is 19.2 Å². The van der Waals surface area contributed by atoms with E-state index in [-0.39, 0.29) is 12.2 Å². The second-order valence-electron chi connectivity index (χ2n) is 6.12. The highest BCUT2D eigenvalue weighted by molar-refractivity contribution is 6.02. The lowest BCUT2D eigenvalue weighted by molar-refractivity contribution is -0.143. The van der Waals surface area contributed by atoms with Gasteiger partial charge in [0.15, 0.2) is 5.69 Å². The van der Waals surface area contributed by atoms with Crippen LogP contribution in [-0.2, 0) is 25.9 Å². The number of halogens is 6. The Balaban J connectivity index is 1.70. The fourth-order valence-corrected chi connectivity index (χ4v) is 2.59. The molecule has 3 rings (SSSR count). The lowest BCUT2D eigenvalue weighted by atomic mass is 10.1. The van der Waals surface area contributed by atoms with Gasteiger partial charge in [-0.2, -0.15) is 36.5 Å². The van der Waals surface area contributed by atoms with Crippen molar-refractivity contribution in [3.8, 4) is 0 Å². The number of carbonyl (C=O) groups excluding carboxylic acids is 1. The Labute approximate surface area is 159 Å². The molecule has 0 saturated heterocycles. The summed E-state index contributed by atoms with van der Waals surface area (Å²) in [4.78, 5) is 12.1. The van der Waals surface area contributed by atoms with Crippen molar-refractivity contribution in [2.75, 3.05) is 5.32 Å². The van der Waals surface area contributed by atoms with Gasteiger partial charge in [0.05, 0.1) is 24.0 Å². The largest absolute Gasteiger partial charge is 0.433 e. The van der Waals surface area contributed by atoms with E-state index in [0.29, 0.717) is 16.3 Å². The molecule has 0 aliphatic carbocycles. The van der Waals surface area contributed by atoms with E-state index < -0.39 is 35.2 Å². The third kappa shape index (κ3) is 4.76. The first-order valence-electron chi connectivity index (χ1n) is 8.04.